The molecule has 1 aliphatic heterocycles. The highest BCUT2D eigenvalue weighted by molar-refractivity contribution is 7.80. The molecule has 0 saturated carbocycles. The summed E-state index contributed by atoms with van der Waals surface area (Å²) < 4.78 is 7.58. The molecule has 144 valence electrons. The largest absolute Gasteiger partial charge is 0.376 e. The average molecular weight is 386 g/mol. The van der Waals surface area contributed by atoms with Gasteiger partial charge >= 0.3 is 0 Å². The molecule has 3 rings (SSSR count). The van der Waals surface area contributed by atoms with Gasteiger partial charge < -0.3 is 10.1 Å². The van der Waals surface area contributed by atoms with Crippen LogP contribution in [-0.4, -0.2) is 40.4 Å². The number of benzene rings is 1. The normalized spacial score (nSPS) is 16.8. The van der Waals surface area contributed by atoms with E-state index in [1.807, 2.05) is 11.6 Å². The quantitative estimate of drug-likeness (QED) is 0.455. The van der Waals surface area contributed by atoms with Gasteiger partial charge in [0.15, 0.2) is 5.11 Å². The molecule has 0 bridgehead atoms. The van der Waals surface area contributed by atoms with Crippen molar-refractivity contribution in [3.05, 3.63) is 52.3 Å². The Balaban J connectivity index is 1.56. The van der Waals surface area contributed by atoms with E-state index in [-0.39, 0.29) is 6.10 Å². The van der Waals surface area contributed by atoms with Gasteiger partial charge in [-0.3, -0.25) is 10.1 Å². The first-order valence-electron chi connectivity index (χ1n) is 9.31. The van der Waals surface area contributed by atoms with Gasteiger partial charge in [-0.2, -0.15) is 10.2 Å². The molecule has 0 spiro atoms. The summed E-state index contributed by atoms with van der Waals surface area (Å²) in [6.07, 6.45) is 4.23. The molecule has 1 aromatic heterocycles. The van der Waals surface area contributed by atoms with Crippen LogP contribution in [-0.2, 0) is 11.3 Å². The van der Waals surface area contributed by atoms with Crippen molar-refractivity contribution < 1.29 is 4.74 Å². The van der Waals surface area contributed by atoms with Crippen LogP contribution in [0.2, 0.25) is 0 Å². The van der Waals surface area contributed by atoms with Gasteiger partial charge in [0.2, 0.25) is 0 Å². The van der Waals surface area contributed by atoms with Crippen molar-refractivity contribution in [1.82, 2.24) is 20.5 Å². The van der Waals surface area contributed by atoms with Crippen molar-refractivity contribution in [2.45, 2.75) is 46.3 Å². The molecule has 6 nitrogen and oxygen atoms in total. The fourth-order valence-electron chi connectivity index (χ4n) is 3.12. The summed E-state index contributed by atoms with van der Waals surface area (Å²) in [4.78, 5) is 0. The highest BCUT2D eigenvalue weighted by atomic mass is 32.1. The number of aromatic nitrogens is 2. The summed E-state index contributed by atoms with van der Waals surface area (Å²) >= 11 is 5.26. The number of rotatable bonds is 6. The number of aryl methyl sites for hydroxylation is 2. The fourth-order valence-corrected chi connectivity index (χ4v) is 3.26. The third-order valence-electron chi connectivity index (χ3n) is 4.76. The third-order valence-corrected chi connectivity index (χ3v) is 5.00. The molecule has 27 heavy (non-hydrogen) atoms. The Kier molecular flexibility index (Phi) is 6.58. The zero-order valence-corrected chi connectivity index (χ0v) is 17.0. The lowest BCUT2D eigenvalue weighted by Gasteiger charge is -2.11. The molecular weight excluding hydrogens is 358 g/mol. The predicted octanol–water partition coefficient (Wildman–Crippen LogP) is 2.83. The lowest BCUT2D eigenvalue weighted by Crippen LogP contribution is -2.37. The molecule has 1 aromatic carbocycles. The third kappa shape index (κ3) is 5.37. The summed E-state index contributed by atoms with van der Waals surface area (Å²) in [5.41, 5.74) is 8.40. The molecular formula is C20H27N5OS. The molecule has 2 heterocycles. The van der Waals surface area contributed by atoms with Gasteiger partial charge in [0.1, 0.15) is 0 Å². The first-order valence-corrected chi connectivity index (χ1v) is 9.72. The maximum atomic E-state index is 5.57. The number of hydrogen-bond acceptors (Lipinski definition) is 4. The fraction of sp³-hybridized carbons (Fsp3) is 0.450. The van der Waals surface area contributed by atoms with Gasteiger partial charge in [-0.15, -0.1) is 0 Å². The van der Waals surface area contributed by atoms with E-state index >= 15 is 0 Å². The molecule has 7 heteroatoms. The van der Waals surface area contributed by atoms with Gasteiger partial charge in [-0.25, -0.2) is 0 Å². The zero-order valence-electron chi connectivity index (χ0n) is 16.2. The predicted molar refractivity (Wildman–Crippen MR) is 112 cm³/mol. The molecule has 1 unspecified atom stereocenters. The molecule has 1 aliphatic rings. The summed E-state index contributed by atoms with van der Waals surface area (Å²) in [6.45, 7) is 8.45. The number of ether oxygens (including phenoxy) is 1. The molecule has 1 saturated heterocycles. The molecule has 2 aromatic rings. The van der Waals surface area contributed by atoms with Crippen LogP contribution in [0, 0.1) is 20.8 Å². The molecule has 2 N–H and O–H groups in total. The van der Waals surface area contributed by atoms with Crippen molar-refractivity contribution in [3.8, 4) is 0 Å². The Morgan fingerprint density at radius 1 is 1.33 bits per heavy atom. The topological polar surface area (TPSA) is 63.5 Å². The Bertz CT molecular complexity index is 807. The van der Waals surface area contributed by atoms with Crippen LogP contribution in [0.25, 0.3) is 0 Å². The molecule has 0 radical (unpaired) electrons. The van der Waals surface area contributed by atoms with E-state index in [0.29, 0.717) is 11.7 Å². The highest BCUT2D eigenvalue weighted by Crippen LogP contribution is 2.13. The Morgan fingerprint density at radius 3 is 2.81 bits per heavy atom. The van der Waals surface area contributed by atoms with Crippen LogP contribution in [0.4, 0.5) is 0 Å². The standard InChI is InChI=1S/C20H27N5OS/c1-14-6-8-17(9-7-14)13-25-16(3)19(15(2)24-25)12-22-23-20(27)21-11-18-5-4-10-26-18/h6-9,12,18H,4-5,10-11,13H2,1-3H3,(H2,21,23,27)/b22-12+. The van der Waals surface area contributed by atoms with Crippen LogP contribution < -0.4 is 10.7 Å². The lowest BCUT2D eigenvalue weighted by atomic mass is 10.1. The van der Waals surface area contributed by atoms with Crippen LogP contribution in [0.3, 0.4) is 0 Å². The Morgan fingerprint density at radius 2 is 2.11 bits per heavy atom. The summed E-state index contributed by atoms with van der Waals surface area (Å²) in [7, 11) is 0. The van der Waals surface area contributed by atoms with Crippen molar-refractivity contribution in [3.63, 3.8) is 0 Å². The van der Waals surface area contributed by atoms with E-state index in [1.165, 1.54) is 11.1 Å². The summed E-state index contributed by atoms with van der Waals surface area (Å²) in [6, 6.07) is 8.52. The second-order valence-corrected chi connectivity index (χ2v) is 7.35. The average Bonchev–Trinajstić information content (AvgIpc) is 3.26. The number of nitrogens with one attached hydrogen (secondary N) is 2. The first-order chi connectivity index (χ1) is 13.0. The lowest BCUT2D eigenvalue weighted by molar-refractivity contribution is 0.114. The minimum Gasteiger partial charge on any atom is -0.376 e. The van der Waals surface area contributed by atoms with Gasteiger partial charge in [0.05, 0.1) is 24.6 Å². The van der Waals surface area contributed by atoms with Gasteiger partial charge in [0.25, 0.3) is 0 Å². The maximum absolute atomic E-state index is 5.57. The van der Waals surface area contributed by atoms with Crippen LogP contribution >= 0.6 is 12.2 Å². The molecule has 0 aliphatic carbocycles. The van der Waals surface area contributed by atoms with E-state index in [4.69, 9.17) is 17.0 Å². The highest BCUT2D eigenvalue weighted by Gasteiger charge is 2.15. The second kappa shape index (κ2) is 9.10. The zero-order chi connectivity index (χ0) is 19.2. The van der Waals surface area contributed by atoms with E-state index < -0.39 is 0 Å². The van der Waals surface area contributed by atoms with Crippen molar-refractivity contribution in [1.29, 1.82) is 0 Å². The molecule has 1 atom stereocenters. The van der Waals surface area contributed by atoms with E-state index in [0.717, 1.165) is 42.9 Å². The van der Waals surface area contributed by atoms with E-state index in [1.54, 1.807) is 6.21 Å². The number of thiocarbonyl (C=S) groups is 1. The Hall–Kier alpha value is -2.25. The molecule has 1 fully saturated rings. The molecule has 0 amide bonds. The second-order valence-electron chi connectivity index (χ2n) is 6.94. The Labute approximate surface area is 166 Å². The number of hydrazone groups is 1. The monoisotopic (exact) mass is 385 g/mol. The first kappa shape index (κ1) is 19.5. The SMILES string of the molecule is Cc1ccc(Cn2nc(C)c(/C=N/NC(=S)NCC3CCCO3)c2C)cc1. The number of nitrogens with zero attached hydrogens (tertiary/aromatic N) is 3. The minimum atomic E-state index is 0.248. The van der Waals surface area contributed by atoms with Gasteiger partial charge in [-0.05, 0) is 51.4 Å². The maximum Gasteiger partial charge on any atom is 0.187 e. The van der Waals surface area contributed by atoms with Crippen LogP contribution in [0.15, 0.2) is 29.4 Å². The van der Waals surface area contributed by atoms with E-state index in [9.17, 15) is 0 Å². The smallest absolute Gasteiger partial charge is 0.187 e. The minimum absolute atomic E-state index is 0.248. The van der Waals surface area contributed by atoms with Crippen LogP contribution in [0.5, 0.6) is 0 Å². The van der Waals surface area contributed by atoms with Crippen molar-refractivity contribution in [2.24, 2.45) is 5.10 Å². The van der Waals surface area contributed by atoms with Crippen molar-refractivity contribution >= 4 is 23.5 Å². The number of hydrogen-bond donors (Lipinski definition) is 2. The van der Waals surface area contributed by atoms with Crippen LogP contribution in [0.1, 0.15) is 40.9 Å². The summed E-state index contributed by atoms with van der Waals surface area (Å²) in [5, 5.41) is 12.6. The van der Waals surface area contributed by atoms with Crippen molar-refractivity contribution in [2.75, 3.05) is 13.2 Å². The van der Waals surface area contributed by atoms with E-state index in [2.05, 4.69) is 59.1 Å². The van der Waals surface area contributed by atoms with Gasteiger partial charge in [-0.1, -0.05) is 29.8 Å². The van der Waals surface area contributed by atoms with Gasteiger partial charge in [0, 0.05) is 24.4 Å². The summed E-state index contributed by atoms with van der Waals surface area (Å²) in [5.74, 6) is 0.